The number of halogens is 4. The van der Waals surface area contributed by atoms with Crippen molar-refractivity contribution in [1.82, 2.24) is 19.9 Å². The van der Waals surface area contributed by atoms with Crippen molar-refractivity contribution in [3.05, 3.63) is 76.9 Å². The molecule has 160 valence electrons. The van der Waals surface area contributed by atoms with Crippen LogP contribution in [0.5, 0.6) is 0 Å². The van der Waals surface area contributed by atoms with E-state index in [2.05, 4.69) is 15.0 Å². The van der Waals surface area contributed by atoms with Crippen LogP contribution in [0.1, 0.15) is 33.1 Å². The van der Waals surface area contributed by atoms with Gasteiger partial charge in [0.2, 0.25) is 0 Å². The standard InChI is InChI=1S/C21H17F4N5O/c22-13-3-1-12(2-4-13)16-8-17(20(26)31)29-18-10-30(6-5-15(16)18)9-14-7-19(21(23,24)25)28-11-27-14/h1-4,7-8,11H,5-6,9-10H2,(H2,26,31). The summed E-state index contributed by atoms with van der Waals surface area (Å²) < 4.78 is 52.1. The number of hydrogen-bond donors (Lipinski definition) is 1. The van der Waals surface area contributed by atoms with Gasteiger partial charge in [0.05, 0.1) is 11.4 Å². The number of carbonyl (C=O) groups excluding carboxylic acids is 1. The van der Waals surface area contributed by atoms with Gasteiger partial charge in [0.15, 0.2) is 0 Å². The molecule has 1 aliphatic heterocycles. The van der Waals surface area contributed by atoms with Gasteiger partial charge in [0.1, 0.15) is 23.5 Å². The van der Waals surface area contributed by atoms with Gasteiger partial charge in [-0.15, -0.1) is 0 Å². The van der Waals surface area contributed by atoms with E-state index in [4.69, 9.17) is 5.73 Å². The molecule has 0 saturated carbocycles. The van der Waals surface area contributed by atoms with Gasteiger partial charge in [-0.3, -0.25) is 9.69 Å². The Morgan fingerprint density at radius 1 is 1.13 bits per heavy atom. The molecule has 0 aliphatic carbocycles. The van der Waals surface area contributed by atoms with E-state index in [1.807, 2.05) is 4.90 Å². The first-order chi connectivity index (χ1) is 14.7. The van der Waals surface area contributed by atoms with Crippen molar-refractivity contribution in [3.63, 3.8) is 0 Å². The Kier molecular flexibility index (Phi) is 5.40. The van der Waals surface area contributed by atoms with Crippen LogP contribution in [0.25, 0.3) is 11.1 Å². The Morgan fingerprint density at radius 2 is 1.87 bits per heavy atom. The maximum atomic E-state index is 13.3. The zero-order valence-corrected chi connectivity index (χ0v) is 16.2. The lowest BCUT2D eigenvalue weighted by atomic mass is 9.93. The van der Waals surface area contributed by atoms with Gasteiger partial charge in [-0.2, -0.15) is 13.2 Å². The molecule has 31 heavy (non-hydrogen) atoms. The zero-order chi connectivity index (χ0) is 22.2. The molecular weight excluding hydrogens is 414 g/mol. The highest BCUT2D eigenvalue weighted by Gasteiger charge is 2.33. The predicted octanol–water partition coefficient (Wildman–Crippen LogP) is 3.35. The van der Waals surface area contributed by atoms with Crippen molar-refractivity contribution in [3.8, 4) is 11.1 Å². The lowest BCUT2D eigenvalue weighted by molar-refractivity contribution is -0.141. The van der Waals surface area contributed by atoms with Crippen LogP contribution in [-0.2, 0) is 25.7 Å². The lowest BCUT2D eigenvalue weighted by Gasteiger charge is -2.29. The first-order valence-corrected chi connectivity index (χ1v) is 9.39. The second-order valence-electron chi connectivity index (χ2n) is 7.20. The number of pyridine rings is 1. The molecule has 1 amide bonds. The fraction of sp³-hybridized carbons (Fsp3) is 0.238. The number of hydrogen-bond acceptors (Lipinski definition) is 5. The number of alkyl halides is 3. The third-order valence-corrected chi connectivity index (χ3v) is 5.07. The molecule has 10 heteroatoms. The minimum absolute atomic E-state index is 0.0707. The molecule has 4 rings (SSSR count). The summed E-state index contributed by atoms with van der Waals surface area (Å²) in [5, 5.41) is 0. The Balaban J connectivity index is 1.64. The van der Waals surface area contributed by atoms with E-state index in [9.17, 15) is 22.4 Å². The van der Waals surface area contributed by atoms with Gasteiger partial charge >= 0.3 is 6.18 Å². The van der Waals surface area contributed by atoms with Crippen LogP contribution >= 0.6 is 0 Å². The molecule has 0 bridgehead atoms. The van der Waals surface area contributed by atoms with Crippen LogP contribution in [-0.4, -0.2) is 32.3 Å². The number of amides is 1. The molecule has 1 aromatic carbocycles. The summed E-state index contributed by atoms with van der Waals surface area (Å²) in [6.45, 7) is 1.01. The molecule has 3 aromatic rings. The Hall–Kier alpha value is -3.40. The van der Waals surface area contributed by atoms with E-state index in [1.165, 1.54) is 12.1 Å². The van der Waals surface area contributed by atoms with Crippen molar-refractivity contribution in [2.24, 2.45) is 5.73 Å². The summed E-state index contributed by atoms with van der Waals surface area (Å²) in [4.78, 5) is 25.3. The number of nitrogens with two attached hydrogens (primary N) is 1. The smallest absolute Gasteiger partial charge is 0.364 e. The van der Waals surface area contributed by atoms with E-state index in [0.717, 1.165) is 29.1 Å². The molecule has 0 spiro atoms. The Labute approximate surface area is 174 Å². The topological polar surface area (TPSA) is 85.0 Å². The molecule has 2 aromatic heterocycles. The number of primary amides is 1. The number of rotatable bonds is 4. The van der Waals surface area contributed by atoms with E-state index in [1.54, 1.807) is 18.2 Å². The molecule has 3 heterocycles. The number of fused-ring (bicyclic) bond motifs is 1. The summed E-state index contributed by atoms with van der Waals surface area (Å²) in [5.74, 6) is -1.08. The maximum absolute atomic E-state index is 13.3. The van der Waals surface area contributed by atoms with Gasteiger partial charge in [-0.05, 0) is 47.4 Å². The third-order valence-electron chi connectivity index (χ3n) is 5.07. The Bertz CT molecular complexity index is 1130. The minimum Gasteiger partial charge on any atom is -0.364 e. The van der Waals surface area contributed by atoms with Crippen molar-refractivity contribution < 1.29 is 22.4 Å². The van der Waals surface area contributed by atoms with Crippen molar-refractivity contribution in [2.45, 2.75) is 25.7 Å². The fourth-order valence-electron chi connectivity index (χ4n) is 3.61. The largest absolute Gasteiger partial charge is 0.433 e. The molecule has 6 nitrogen and oxygen atoms in total. The Morgan fingerprint density at radius 3 is 2.55 bits per heavy atom. The molecule has 0 radical (unpaired) electrons. The summed E-state index contributed by atoms with van der Waals surface area (Å²) in [6, 6.07) is 8.39. The van der Waals surface area contributed by atoms with E-state index < -0.39 is 17.8 Å². The van der Waals surface area contributed by atoms with Crippen LogP contribution in [0.4, 0.5) is 17.6 Å². The highest BCUT2D eigenvalue weighted by Crippen LogP contribution is 2.31. The lowest BCUT2D eigenvalue weighted by Crippen LogP contribution is -2.32. The number of benzene rings is 1. The van der Waals surface area contributed by atoms with Crippen LogP contribution in [0.2, 0.25) is 0 Å². The quantitative estimate of drug-likeness (QED) is 0.641. The second kappa shape index (κ2) is 8.03. The summed E-state index contributed by atoms with van der Waals surface area (Å²) in [6.07, 6.45) is -3.11. The minimum atomic E-state index is -4.55. The van der Waals surface area contributed by atoms with Crippen LogP contribution in [0, 0.1) is 5.82 Å². The predicted molar refractivity (Wildman–Crippen MR) is 103 cm³/mol. The summed E-state index contributed by atoms with van der Waals surface area (Å²) >= 11 is 0. The van der Waals surface area contributed by atoms with Gasteiger partial charge in [0, 0.05) is 19.6 Å². The van der Waals surface area contributed by atoms with Crippen molar-refractivity contribution in [1.29, 1.82) is 0 Å². The van der Waals surface area contributed by atoms with E-state index >= 15 is 0 Å². The highest BCUT2D eigenvalue weighted by molar-refractivity contribution is 5.92. The number of nitrogens with zero attached hydrogens (tertiary/aromatic N) is 4. The molecule has 0 atom stereocenters. The van der Waals surface area contributed by atoms with Gasteiger partial charge in [-0.1, -0.05) is 12.1 Å². The average Bonchev–Trinajstić information content (AvgIpc) is 2.73. The molecule has 2 N–H and O–H groups in total. The van der Waals surface area contributed by atoms with Gasteiger partial charge < -0.3 is 5.73 Å². The fourth-order valence-corrected chi connectivity index (χ4v) is 3.61. The molecule has 0 unspecified atom stereocenters. The van der Waals surface area contributed by atoms with Crippen molar-refractivity contribution in [2.75, 3.05) is 6.54 Å². The third kappa shape index (κ3) is 4.53. The second-order valence-corrected chi connectivity index (χ2v) is 7.20. The molecule has 0 saturated heterocycles. The first-order valence-electron chi connectivity index (χ1n) is 9.39. The zero-order valence-electron chi connectivity index (χ0n) is 16.2. The van der Waals surface area contributed by atoms with Crippen LogP contribution in [0.15, 0.2) is 42.7 Å². The first kappa shape index (κ1) is 20.9. The van der Waals surface area contributed by atoms with Crippen LogP contribution < -0.4 is 5.73 Å². The van der Waals surface area contributed by atoms with E-state index in [-0.39, 0.29) is 23.7 Å². The summed E-state index contributed by atoms with van der Waals surface area (Å²) in [5.41, 5.74) is 7.70. The molecule has 0 fully saturated rings. The molecular formula is C21H17F4N5O. The maximum Gasteiger partial charge on any atom is 0.433 e. The van der Waals surface area contributed by atoms with Crippen LogP contribution in [0.3, 0.4) is 0 Å². The molecule has 1 aliphatic rings. The summed E-state index contributed by atoms with van der Waals surface area (Å²) in [7, 11) is 0. The number of aromatic nitrogens is 3. The SMILES string of the molecule is NC(=O)c1cc(-c2ccc(F)cc2)c2c(n1)CN(Cc1cc(C(F)(F)F)ncn1)CC2. The monoisotopic (exact) mass is 431 g/mol. The normalized spacial score (nSPS) is 14.3. The number of carbonyl (C=O) groups is 1. The highest BCUT2D eigenvalue weighted by atomic mass is 19.4. The van der Waals surface area contributed by atoms with Crippen molar-refractivity contribution >= 4 is 5.91 Å². The average molecular weight is 431 g/mol. The van der Waals surface area contributed by atoms with Gasteiger partial charge in [-0.25, -0.2) is 19.3 Å². The van der Waals surface area contributed by atoms with E-state index in [0.29, 0.717) is 25.2 Å². The van der Waals surface area contributed by atoms with Gasteiger partial charge in [0.25, 0.3) is 5.91 Å².